The molecule has 0 aromatic heterocycles. The minimum atomic E-state index is 0.929. The quantitative estimate of drug-likeness (QED) is 0.116. The molecule has 0 N–H and O–H groups in total. The summed E-state index contributed by atoms with van der Waals surface area (Å²) >= 11 is 0. The predicted octanol–water partition coefficient (Wildman–Crippen LogP) is 9.68. The normalized spacial score (nSPS) is 13.1. The fourth-order valence-electron chi connectivity index (χ4n) is 5.19. The summed E-state index contributed by atoms with van der Waals surface area (Å²) in [5.41, 5.74) is 0. The zero-order valence-electron chi connectivity index (χ0n) is 21.6. The molecule has 0 rings (SSSR count). The summed E-state index contributed by atoms with van der Waals surface area (Å²) < 4.78 is 1.46. The molecular formula is C28H60N+. The zero-order valence-corrected chi connectivity index (χ0v) is 21.6. The predicted molar refractivity (Wildman–Crippen MR) is 135 cm³/mol. The van der Waals surface area contributed by atoms with Crippen LogP contribution in [-0.4, -0.2) is 30.2 Å². The van der Waals surface area contributed by atoms with Gasteiger partial charge in [0.2, 0.25) is 0 Å². The molecule has 0 aliphatic heterocycles. The standard InChI is InChI=1S/C28H60N/c1-6-11-15-16-17-18-19-20-21-22-24-28(23-10-5)29(25-12-7-2,26-13-8-3)27-14-9-4/h28H,6-27H2,1-5H3/q+1. The molecule has 0 aliphatic carbocycles. The van der Waals surface area contributed by atoms with E-state index in [-0.39, 0.29) is 0 Å². The van der Waals surface area contributed by atoms with Crippen molar-refractivity contribution in [3.63, 3.8) is 0 Å². The van der Waals surface area contributed by atoms with Gasteiger partial charge in [-0.15, -0.1) is 0 Å². The van der Waals surface area contributed by atoms with Crippen LogP contribution in [0.1, 0.15) is 157 Å². The molecule has 1 unspecified atom stereocenters. The molecule has 176 valence electrons. The summed E-state index contributed by atoms with van der Waals surface area (Å²) in [4.78, 5) is 0. The van der Waals surface area contributed by atoms with Crippen molar-refractivity contribution in [2.24, 2.45) is 0 Å². The molecule has 0 amide bonds. The Morgan fingerprint density at radius 1 is 0.379 bits per heavy atom. The highest BCUT2D eigenvalue weighted by Gasteiger charge is 2.34. The second-order valence-electron chi connectivity index (χ2n) is 9.86. The first-order valence-electron chi connectivity index (χ1n) is 14.1. The SMILES string of the molecule is CCCCCCCCCCCCC(CCC)[N+](CCCC)(CCCC)CCCC. The number of rotatable bonds is 23. The summed E-state index contributed by atoms with van der Waals surface area (Å²) in [7, 11) is 0. The Balaban J connectivity index is 4.53. The first kappa shape index (κ1) is 29.0. The molecule has 0 bridgehead atoms. The van der Waals surface area contributed by atoms with Crippen molar-refractivity contribution in [1.82, 2.24) is 0 Å². The van der Waals surface area contributed by atoms with Crippen LogP contribution in [0.15, 0.2) is 0 Å². The summed E-state index contributed by atoms with van der Waals surface area (Å²) in [6.45, 7) is 16.2. The molecule has 0 saturated heterocycles. The minimum Gasteiger partial charge on any atom is -0.321 e. The summed E-state index contributed by atoms with van der Waals surface area (Å²) in [5, 5.41) is 0. The highest BCUT2D eigenvalue weighted by atomic mass is 15.4. The maximum atomic E-state index is 2.42. The second kappa shape index (κ2) is 21.2. The van der Waals surface area contributed by atoms with Gasteiger partial charge >= 0.3 is 0 Å². The summed E-state index contributed by atoms with van der Waals surface area (Å²) in [5.74, 6) is 0. The van der Waals surface area contributed by atoms with E-state index in [2.05, 4.69) is 34.6 Å². The molecule has 1 nitrogen and oxygen atoms in total. The Morgan fingerprint density at radius 2 is 0.759 bits per heavy atom. The van der Waals surface area contributed by atoms with Crippen LogP contribution in [0.5, 0.6) is 0 Å². The van der Waals surface area contributed by atoms with Gasteiger partial charge in [-0.1, -0.05) is 118 Å². The number of hydrogen-bond acceptors (Lipinski definition) is 0. The van der Waals surface area contributed by atoms with Crippen molar-refractivity contribution < 1.29 is 4.48 Å². The van der Waals surface area contributed by atoms with Crippen molar-refractivity contribution in [3.8, 4) is 0 Å². The maximum absolute atomic E-state index is 2.42. The number of nitrogens with zero attached hydrogens (tertiary/aromatic N) is 1. The van der Waals surface area contributed by atoms with Gasteiger partial charge in [0.05, 0.1) is 25.7 Å². The molecular weight excluding hydrogens is 350 g/mol. The van der Waals surface area contributed by atoms with Gasteiger partial charge in [-0.05, 0) is 38.5 Å². The van der Waals surface area contributed by atoms with E-state index >= 15 is 0 Å². The summed E-state index contributed by atoms with van der Waals surface area (Å²) in [6, 6.07) is 0.929. The molecule has 1 heteroatoms. The van der Waals surface area contributed by atoms with Crippen LogP contribution in [0.25, 0.3) is 0 Å². The molecule has 0 saturated carbocycles. The average Bonchev–Trinajstić information content (AvgIpc) is 2.74. The highest BCUT2D eigenvalue weighted by Crippen LogP contribution is 2.27. The van der Waals surface area contributed by atoms with Crippen molar-refractivity contribution in [1.29, 1.82) is 0 Å². The Hall–Kier alpha value is -0.0400. The summed E-state index contributed by atoms with van der Waals surface area (Å²) in [6.07, 6.45) is 27.2. The Labute approximate surface area is 187 Å². The Kier molecular flexibility index (Phi) is 21.2. The molecule has 0 aliphatic rings. The molecule has 0 aromatic rings. The van der Waals surface area contributed by atoms with Gasteiger partial charge in [-0.25, -0.2) is 0 Å². The molecule has 0 heterocycles. The van der Waals surface area contributed by atoms with Crippen molar-refractivity contribution in [3.05, 3.63) is 0 Å². The molecule has 0 fully saturated rings. The van der Waals surface area contributed by atoms with Crippen LogP contribution in [0.4, 0.5) is 0 Å². The molecule has 29 heavy (non-hydrogen) atoms. The van der Waals surface area contributed by atoms with Crippen molar-refractivity contribution in [2.45, 2.75) is 163 Å². The highest BCUT2D eigenvalue weighted by molar-refractivity contribution is 4.64. The van der Waals surface area contributed by atoms with E-state index in [9.17, 15) is 0 Å². The molecule has 1 atom stereocenters. The van der Waals surface area contributed by atoms with Crippen LogP contribution in [-0.2, 0) is 0 Å². The van der Waals surface area contributed by atoms with Crippen LogP contribution < -0.4 is 0 Å². The van der Waals surface area contributed by atoms with Gasteiger partial charge in [0.1, 0.15) is 0 Å². The second-order valence-corrected chi connectivity index (χ2v) is 9.86. The van der Waals surface area contributed by atoms with Gasteiger partial charge < -0.3 is 4.48 Å². The van der Waals surface area contributed by atoms with Crippen LogP contribution >= 0.6 is 0 Å². The lowest BCUT2D eigenvalue weighted by molar-refractivity contribution is -0.952. The van der Waals surface area contributed by atoms with E-state index < -0.39 is 0 Å². The van der Waals surface area contributed by atoms with Gasteiger partial charge in [-0.3, -0.25) is 0 Å². The first-order valence-corrected chi connectivity index (χ1v) is 14.1. The molecule has 0 radical (unpaired) electrons. The van der Waals surface area contributed by atoms with Crippen molar-refractivity contribution in [2.75, 3.05) is 19.6 Å². The smallest absolute Gasteiger partial charge is 0.0890 e. The molecule has 0 aromatic carbocycles. The fraction of sp³-hybridized carbons (Fsp3) is 1.00. The zero-order chi connectivity index (χ0) is 21.6. The fourth-order valence-corrected chi connectivity index (χ4v) is 5.19. The Morgan fingerprint density at radius 3 is 1.14 bits per heavy atom. The molecule has 0 spiro atoms. The monoisotopic (exact) mass is 410 g/mol. The van der Waals surface area contributed by atoms with Crippen molar-refractivity contribution >= 4 is 0 Å². The van der Waals surface area contributed by atoms with Gasteiger partial charge in [0.15, 0.2) is 0 Å². The minimum absolute atomic E-state index is 0.929. The van der Waals surface area contributed by atoms with E-state index in [1.54, 1.807) is 0 Å². The third-order valence-corrected chi connectivity index (χ3v) is 7.16. The maximum Gasteiger partial charge on any atom is 0.0890 e. The lowest BCUT2D eigenvalue weighted by Gasteiger charge is -2.46. The lowest BCUT2D eigenvalue weighted by atomic mass is 9.96. The van der Waals surface area contributed by atoms with Gasteiger partial charge in [0, 0.05) is 0 Å². The first-order chi connectivity index (χ1) is 14.2. The van der Waals surface area contributed by atoms with E-state index in [1.165, 1.54) is 146 Å². The third kappa shape index (κ3) is 14.6. The van der Waals surface area contributed by atoms with Gasteiger partial charge in [-0.2, -0.15) is 0 Å². The van der Waals surface area contributed by atoms with Crippen LogP contribution in [0, 0.1) is 0 Å². The van der Waals surface area contributed by atoms with Gasteiger partial charge in [0.25, 0.3) is 0 Å². The van der Waals surface area contributed by atoms with Crippen LogP contribution in [0.2, 0.25) is 0 Å². The number of unbranched alkanes of at least 4 members (excludes halogenated alkanes) is 12. The largest absolute Gasteiger partial charge is 0.321 e. The third-order valence-electron chi connectivity index (χ3n) is 7.16. The number of hydrogen-bond donors (Lipinski definition) is 0. The average molecular weight is 411 g/mol. The number of quaternary nitrogens is 1. The van der Waals surface area contributed by atoms with E-state index in [0.717, 1.165) is 6.04 Å². The van der Waals surface area contributed by atoms with E-state index in [4.69, 9.17) is 0 Å². The Bertz CT molecular complexity index is 290. The van der Waals surface area contributed by atoms with Crippen LogP contribution in [0.3, 0.4) is 0 Å². The lowest BCUT2D eigenvalue weighted by Crippen LogP contribution is -2.57. The topological polar surface area (TPSA) is 0 Å². The van der Waals surface area contributed by atoms with E-state index in [0.29, 0.717) is 0 Å². The van der Waals surface area contributed by atoms with E-state index in [1.807, 2.05) is 0 Å².